The molecule has 1 aromatic rings. The minimum Gasteiger partial charge on any atom is -0.298 e. The van der Waals surface area contributed by atoms with Crippen LogP contribution < -0.4 is 0 Å². The van der Waals surface area contributed by atoms with E-state index in [4.69, 9.17) is 0 Å². The van der Waals surface area contributed by atoms with Crippen LogP contribution in [0.5, 0.6) is 0 Å². The van der Waals surface area contributed by atoms with E-state index in [2.05, 4.69) is 15.9 Å². The molecule has 0 heterocycles. The second-order valence-corrected chi connectivity index (χ2v) is 3.84. The average Bonchev–Trinajstić information content (AvgIpc) is 2.03. The van der Waals surface area contributed by atoms with Gasteiger partial charge in [0.2, 0.25) is 0 Å². The molecule has 0 aliphatic rings. The van der Waals surface area contributed by atoms with Crippen LogP contribution in [0.25, 0.3) is 0 Å². The Kier molecular flexibility index (Phi) is 3.15. The molecule has 0 N–H and O–H groups in total. The Morgan fingerprint density at radius 2 is 2.18 bits per heavy atom. The molecule has 0 aliphatic carbocycles. The van der Waals surface area contributed by atoms with Crippen molar-refractivity contribution < 1.29 is 4.79 Å². The molecule has 3 heteroatoms. The Balaban J connectivity index is 3.11. The van der Waals surface area contributed by atoms with Crippen molar-refractivity contribution in [3.8, 4) is 0 Å². The minimum atomic E-state index is 0.712. The number of hydrogen-bond donors (Lipinski definition) is 0. The Bertz CT molecular complexity index is 273. The van der Waals surface area contributed by atoms with Gasteiger partial charge < -0.3 is 0 Å². The Morgan fingerprint density at radius 1 is 1.45 bits per heavy atom. The number of halogens is 1. The van der Waals surface area contributed by atoms with Gasteiger partial charge in [0, 0.05) is 14.9 Å². The fourth-order valence-electron chi connectivity index (χ4n) is 0.770. The largest absolute Gasteiger partial charge is 0.298 e. The molecule has 0 atom stereocenters. The topological polar surface area (TPSA) is 17.1 Å². The molecule has 0 bridgehead atoms. The van der Waals surface area contributed by atoms with E-state index in [1.807, 2.05) is 18.4 Å². The van der Waals surface area contributed by atoms with E-state index < -0.39 is 0 Å². The highest BCUT2D eigenvalue weighted by Crippen LogP contribution is 2.21. The van der Waals surface area contributed by atoms with Gasteiger partial charge in [-0.1, -0.05) is 15.9 Å². The van der Waals surface area contributed by atoms with E-state index in [-0.39, 0.29) is 0 Å². The van der Waals surface area contributed by atoms with Crippen LogP contribution in [0.15, 0.2) is 27.6 Å². The SMILES string of the molecule is CSc1cc(Br)cc(C=O)c1. The molecule has 58 valence electrons. The van der Waals surface area contributed by atoms with Crippen molar-refractivity contribution in [2.45, 2.75) is 4.90 Å². The highest BCUT2D eigenvalue weighted by Gasteiger charge is 1.96. The van der Waals surface area contributed by atoms with Gasteiger partial charge >= 0.3 is 0 Å². The smallest absolute Gasteiger partial charge is 0.150 e. The monoisotopic (exact) mass is 230 g/mol. The van der Waals surface area contributed by atoms with Gasteiger partial charge in [-0.25, -0.2) is 0 Å². The highest BCUT2D eigenvalue weighted by molar-refractivity contribution is 9.10. The molecule has 0 aliphatic heterocycles. The summed E-state index contributed by atoms with van der Waals surface area (Å²) in [5, 5.41) is 0. The van der Waals surface area contributed by atoms with Crippen LogP contribution in [-0.4, -0.2) is 12.5 Å². The maximum Gasteiger partial charge on any atom is 0.150 e. The molecule has 0 fully saturated rings. The van der Waals surface area contributed by atoms with Gasteiger partial charge in [-0.15, -0.1) is 11.8 Å². The first-order chi connectivity index (χ1) is 5.26. The summed E-state index contributed by atoms with van der Waals surface area (Å²) in [5.41, 5.74) is 0.712. The third-order valence-electron chi connectivity index (χ3n) is 1.27. The van der Waals surface area contributed by atoms with Gasteiger partial charge in [0.05, 0.1) is 0 Å². The number of hydrogen-bond acceptors (Lipinski definition) is 2. The number of carbonyl (C=O) groups excluding carboxylic acids is 1. The van der Waals surface area contributed by atoms with Crippen LogP contribution in [0.1, 0.15) is 10.4 Å². The number of carbonyl (C=O) groups is 1. The van der Waals surface area contributed by atoms with Crippen LogP contribution >= 0.6 is 27.7 Å². The molecule has 1 nitrogen and oxygen atoms in total. The molecule has 0 amide bonds. The lowest BCUT2D eigenvalue weighted by Crippen LogP contribution is -1.80. The first kappa shape index (κ1) is 8.81. The van der Waals surface area contributed by atoms with E-state index in [9.17, 15) is 4.79 Å². The number of rotatable bonds is 2. The number of aldehydes is 1. The summed E-state index contributed by atoms with van der Waals surface area (Å²) in [5.74, 6) is 0. The Morgan fingerprint density at radius 3 is 2.73 bits per heavy atom. The van der Waals surface area contributed by atoms with Crippen LogP contribution in [-0.2, 0) is 0 Å². The van der Waals surface area contributed by atoms with Crippen molar-refractivity contribution in [3.05, 3.63) is 28.2 Å². The summed E-state index contributed by atoms with van der Waals surface area (Å²) in [7, 11) is 0. The van der Waals surface area contributed by atoms with Crippen molar-refractivity contribution in [1.29, 1.82) is 0 Å². The lowest BCUT2D eigenvalue weighted by Gasteiger charge is -1.97. The normalized spacial score (nSPS) is 9.64. The van der Waals surface area contributed by atoms with Gasteiger partial charge in [-0.2, -0.15) is 0 Å². The van der Waals surface area contributed by atoms with Gasteiger partial charge in [-0.05, 0) is 24.5 Å². The molecule has 1 aromatic carbocycles. The summed E-state index contributed by atoms with van der Waals surface area (Å²) in [6.07, 6.45) is 2.83. The third kappa shape index (κ3) is 2.34. The molecular formula is C8H7BrOS. The standard InChI is InChI=1S/C8H7BrOS/c1-11-8-3-6(5-10)2-7(9)4-8/h2-5H,1H3. The first-order valence-electron chi connectivity index (χ1n) is 3.06. The fourth-order valence-corrected chi connectivity index (χ4v) is 1.93. The number of thioether (sulfide) groups is 1. The zero-order chi connectivity index (χ0) is 8.27. The van der Waals surface area contributed by atoms with Crippen molar-refractivity contribution >= 4 is 34.0 Å². The van der Waals surface area contributed by atoms with Crippen LogP contribution in [0.2, 0.25) is 0 Å². The summed E-state index contributed by atoms with van der Waals surface area (Å²) >= 11 is 4.95. The van der Waals surface area contributed by atoms with E-state index in [1.165, 1.54) is 0 Å². The lowest BCUT2D eigenvalue weighted by atomic mass is 10.2. The molecule has 0 unspecified atom stereocenters. The van der Waals surface area contributed by atoms with Crippen molar-refractivity contribution in [1.82, 2.24) is 0 Å². The van der Waals surface area contributed by atoms with Crippen molar-refractivity contribution in [2.75, 3.05) is 6.26 Å². The molecule has 0 saturated heterocycles. The van der Waals surface area contributed by atoms with Crippen LogP contribution in [0.3, 0.4) is 0 Å². The quantitative estimate of drug-likeness (QED) is 0.574. The highest BCUT2D eigenvalue weighted by atomic mass is 79.9. The summed E-state index contributed by atoms with van der Waals surface area (Å²) in [6, 6.07) is 5.65. The zero-order valence-electron chi connectivity index (χ0n) is 6.00. The van der Waals surface area contributed by atoms with Gasteiger partial charge in [0.1, 0.15) is 6.29 Å². The second kappa shape index (κ2) is 3.93. The van der Waals surface area contributed by atoms with E-state index in [0.29, 0.717) is 5.56 Å². The maximum absolute atomic E-state index is 10.4. The number of benzene rings is 1. The summed E-state index contributed by atoms with van der Waals surface area (Å²) in [6.45, 7) is 0. The fraction of sp³-hybridized carbons (Fsp3) is 0.125. The van der Waals surface area contributed by atoms with E-state index in [1.54, 1.807) is 17.8 Å². The lowest BCUT2D eigenvalue weighted by molar-refractivity contribution is 0.112. The van der Waals surface area contributed by atoms with E-state index in [0.717, 1.165) is 15.7 Å². The zero-order valence-corrected chi connectivity index (χ0v) is 8.41. The predicted molar refractivity (Wildman–Crippen MR) is 51.3 cm³/mol. The van der Waals surface area contributed by atoms with Gasteiger partial charge in [0.25, 0.3) is 0 Å². The van der Waals surface area contributed by atoms with Crippen molar-refractivity contribution in [3.63, 3.8) is 0 Å². The minimum absolute atomic E-state index is 0.712. The molecule has 0 saturated carbocycles. The molecule has 0 aromatic heterocycles. The third-order valence-corrected chi connectivity index (χ3v) is 2.43. The predicted octanol–water partition coefficient (Wildman–Crippen LogP) is 2.98. The molecular weight excluding hydrogens is 224 g/mol. The molecule has 0 spiro atoms. The van der Waals surface area contributed by atoms with Crippen LogP contribution in [0.4, 0.5) is 0 Å². The molecule has 0 radical (unpaired) electrons. The van der Waals surface area contributed by atoms with Crippen LogP contribution in [0, 0.1) is 0 Å². The van der Waals surface area contributed by atoms with Gasteiger partial charge in [-0.3, -0.25) is 4.79 Å². The average molecular weight is 231 g/mol. The molecule has 1 rings (SSSR count). The molecule has 11 heavy (non-hydrogen) atoms. The first-order valence-corrected chi connectivity index (χ1v) is 5.08. The second-order valence-electron chi connectivity index (χ2n) is 2.04. The Labute approximate surface area is 78.3 Å². The summed E-state index contributed by atoms with van der Waals surface area (Å²) < 4.78 is 0.950. The van der Waals surface area contributed by atoms with Crippen molar-refractivity contribution in [2.24, 2.45) is 0 Å². The van der Waals surface area contributed by atoms with Gasteiger partial charge in [0.15, 0.2) is 0 Å². The summed E-state index contributed by atoms with van der Waals surface area (Å²) in [4.78, 5) is 11.5. The Hall–Kier alpha value is -0.280. The maximum atomic E-state index is 10.4. The van der Waals surface area contributed by atoms with E-state index >= 15 is 0 Å².